The lowest BCUT2D eigenvalue weighted by atomic mass is 10.2. The van der Waals surface area contributed by atoms with Crippen molar-refractivity contribution in [3.8, 4) is 5.69 Å². The lowest BCUT2D eigenvalue weighted by Crippen LogP contribution is -2.34. The van der Waals surface area contributed by atoms with Crippen LogP contribution in [0.2, 0.25) is 0 Å². The van der Waals surface area contributed by atoms with E-state index in [9.17, 15) is 9.18 Å². The number of hydrogen-bond donors (Lipinski definition) is 1. The van der Waals surface area contributed by atoms with Crippen LogP contribution in [0.15, 0.2) is 42.6 Å². The fourth-order valence-electron chi connectivity index (χ4n) is 2.93. The van der Waals surface area contributed by atoms with Crippen molar-refractivity contribution in [1.29, 1.82) is 0 Å². The zero-order valence-electron chi connectivity index (χ0n) is 11.9. The summed E-state index contributed by atoms with van der Waals surface area (Å²) in [7, 11) is 0. The largest absolute Gasteiger partial charge is 0.353 e. The van der Waals surface area contributed by atoms with Gasteiger partial charge in [0.2, 0.25) is 5.91 Å². The Hall–Kier alpha value is -2.10. The van der Waals surface area contributed by atoms with Gasteiger partial charge in [0.1, 0.15) is 5.82 Å². The Labute approximate surface area is 123 Å². The second kappa shape index (κ2) is 6.12. The first-order valence-electron chi connectivity index (χ1n) is 7.44. The third-order valence-electron chi connectivity index (χ3n) is 4.00. The average Bonchev–Trinajstić information content (AvgIpc) is 3.11. The summed E-state index contributed by atoms with van der Waals surface area (Å²) >= 11 is 0. The molecule has 1 amide bonds. The molecule has 1 aromatic heterocycles. The summed E-state index contributed by atoms with van der Waals surface area (Å²) in [5.41, 5.74) is 1.78. The Bertz CT molecular complexity index is 612. The van der Waals surface area contributed by atoms with E-state index in [1.807, 2.05) is 22.9 Å². The molecular weight excluding hydrogens is 267 g/mol. The number of halogens is 1. The fourth-order valence-corrected chi connectivity index (χ4v) is 2.93. The van der Waals surface area contributed by atoms with E-state index in [4.69, 9.17) is 0 Å². The first kappa shape index (κ1) is 13.9. The summed E-state index contributed by atoms with van der Waals surface area (Å²) in [4.78, 5) is 12.1. The molecule has 0 aliphatic heterocycles. The minimum absolute atomic E-state index is 0.0592. The van der Waals surface area contributed by atoms with E-state index in [-0.39, 0.29) is 11.7 Å². The van der Waals surface area contributed by atoms with E-state index in [1.165, 1.54) is 25.0 Å². The molecule has 110 valence electrons. The summed E-state index contributed by atoms with van der Waals surface area (Å²) in [5, 5.41) is 3.09. The van der Waals surface area contributed by atoms with Gasteiger partial charge < -0.3 is 9.88 Å². The molecule has 1 saturated carbocycles. The number of carbonyl (C=O) groups excluding carboxylic acids is 1. The van der Waals surface area contributed by atoms with Crippen molar-refractivity contribution in [3.63, 3.8) is 0 Å². The van der Waals surface area contributed by atoms with Crippen LogP contribution in [0.25, 0.3) is 5.69 Å². The first-order valence-corrected chi connectivity index (χ1v) is 7.44. The van der Waals surface area contributed by atoms with Crippen molar-refractivity contribution in [2.45, 2.75) is 38.1 Å². The summed E-state index contributed by atoms with van der Waals surface area (Å²) in [6, 6.07) is 10.5. The normalized spacial score (nSPS) is 15.3. The van der Waals surface area contributed by atoms with Crippen LogP contribution in [-0.4, -0.2) is 16.5 Å². The number of nitrogens with one attached hydrogen (secondary N) is 1. The van der Waals surface area contributed by atoms with Crippen LogP contribution in [0.3, 0.4) is 0 Å². The average molecular weight is 286 g/mol. The van der Waals surface area contributed by atoms with Gasteiger partial charge in [-0.25, -0.2) is 4.39 Å². The highest BCUT2D eigenvalue weighted by molar-refractivity contribution is 5.78. The summed E-state index contributed by atoms with van der Waals surface area (Å²) < 4.78 is 14.9. The van der Waals surface area contributed by atoms with Gasteiger partial charge in [0.15, 0.2) is 0 Å². The molecule has 0 atom stereocenters. The molecule has 21 heavy (non-hydrogen) atoms. The minimum Gasteiger partial charge on any atom is -0.353 e. The number of nitrogens with zero attached hydrogens (tertiary/aromatic N) is 1. The van der Waals surface area contributed by atoms with Crippen LogP contribution in [0.4, 0.5) is 4.39 Å². The molecule has 1 aliphatic carbocycles. The van der Waals surface area contributed by atoms with E-state index in [0.29, 0.717) is 12.5 Å². The Morgan fingerprint density at radius 1 is 1.19 bits per heavy atom. The number of aromatic nitrogens is 1. The predicted molar refractivity (Wildman–Crippen MR) is 79.8 cm³/mol. The molecule has 1 N–H and O–H groups in total. The Kier molecular flexibility index (Phi) is 4.04. The molecular formula is C17H19FN2O. The smallest absolute Gasteiger partial charge is 0.226 e. The number of amides is 1. The lowest BCUT2D eigenvalue weighted by molar-refractivity contribution is -0.121. The molecule has 1 fully saturated rings. The summed E-state index contributed by atoms with van der Waals surface area (Å²) in [6.07, 6.45) is 6.83. The number of carbonyl (C=O) groups is 1. The van der Waals surface area contributed by atoms with Gasteiger partial charge >= 0.3 is 0 Å². The second-order valence-electron chi connectivity index (χ2n) is 5.57. The zero-order valence-corrected chi connectivity index (χ0v) is 11.9. The van der Waals surface area contributed by atoms with Gasteiger partial charge in [-0.2, -0.15) is 0 Å². The third-order valence-corrected chi connectivity index (χ3v) is 4.00. The van der Waals surface area contributed by atoms with E-state index in [0.717, 1.165) is 24.2 Å². The van der Waals surface area contributed by atoms with Crippen molar-refractivity contribution in [2.75, 3.05) is 0 Å². The van der Waals surface area contributed by atoms with Crippen LogP contribution < -0.4 is 5.32 Å². The van der Waals surface area contributed by atoms with Gasteiger partial charge in [0, 0.05) is 23.6 Å². The molecule has 1 aromatic carbocycles. The SMILES string of the molecule is O=C(Cc1cccn1-c1ccc(F)cc1)NC1CCCC1. The van der Waals surface area contributed by atoms with Crippen LogP contribution in [0.1, 0.15) is 31.4 Å². The Morgan fingerprint density at radius 2 is 1.90 bits per heavy atom. The molecule has 2 aromatic rings. The van der Waals surface area contributed by atoms with Crippen molar-refractivity contribution in [3.05, 3.63) is 54.1 Å². The molecule has 3 rings (SSSR count). The summed E-state index contributed by atoms with van der Waals surface area (Å²) in [6.45, 7) is 0. The van der Waals surface area contributed by atoms with Crippen molar-refractivity contribution in [1.82, 2.24) is 9.88 Å². The van der Waals surface area contributed by atoms with Crippen LogP contribution in [-0.2, 0) is 11.2 Å². The van der Waals surface area contributed by atoms with Gasteiger partial charge in [0.05, 0.1) is 6.42 Å². The molecule has 1 aliphatic rings. The monoisotopic (exact) mass is 286 g/mol. The molecule has 0 saturated heterocycles. The molecule has 0 unspecified atom stereocenters. The first-order chi connectivity index (χ1) is 10.2. The van der Waals surface area contributed by atoms with Gasteiger partial charge in [0.25, 0.3) is 0 Å². The van der Waals surface area contributed by atoms with Crippen LogP contribution in [0, 0.1) is 5.82 Å². The predicted octanol–water partition coefficient (Wildman–Crippen LogP) is 3.22. The molecule has 4 heteroatoms. The van der Waals surface area contributed by atoms with Crippen LogP contribution >= 0.6 is 0 Å². The van der Waals surface area contributed by atoms with E-state index >= 15 is 0 Å². The Balaban J connectivity index is 1.70. The van der Waals surface area contributed by atoms with E-state index < -0.39 is 0 Å². The number of benzene rings is 1. The maximum atomic E-state index is 13.0. The van der Waals surface area contributed by atoms with Crippen LogP contribution in [0.5, 0.6) is 0 Å². The molecule has 0 bridgehead atoms. The number of rotatable bonds is 4. The summed E-state index contributed by atoms with van der Waals surface area (Å²) in [5.74, 6) is -0.199. The van der Waals surface area contributed by atoms with E-state index in [2.05, 4.69) is 5.32 Å². The van der Waals surface area contributed by atoms with Gasteiger partial charge in [-0.15, -0.1) is 0 Å². The van der Waals surface area contributed by atoms with E-state index in [1.54, 1.807) is 12.1 Å². The van der Waals surface area contributed by atoms with Gasteiger partial charge in [-0.1, -0.05) is 12.8 Å². The van der Waals surface area contributed by atoms with Crippen molar-refractivity contribution >= 4 is 5.91 Å². The lowest BCUT2D eigenvalue weighted by Gasteiger charge is -2.13. The Morgan fingerprint density at radius 3 is 2.62 bits per heavy atom. The fraction of sp³-hybridized carbons (Fsp3) is 0.353. The van der Waals surface area contributed by atoms with Gasteiger partial charge in [-0.3, -0.25) is 4.79 Å². The molecule has 0 spiro atoms. The zero-order chi connectivity index (χ0) is 14.7. The van der Waals surface area contributed by atoms with Crippen molar-refractivity contribution in [2.24, 2.45) is 0 Å². The number of hydrogen-bond acceptors (Lipinski definition) is 1. The highest BCUT2D eigenvalue weighted by Crippen LogP contribution is 2.18. The molecule has 0 radical (unpaired) electrons. The highest BCUT2D eigenvalue weighted by Gasteiger charge is 2.18. The maximum Gasteiger partial charge on any atom is 0.226 e. The maximum absolute atomic E-state index is 13.0. The highest BCUT2D eigenvalue weighted by atomic mass is 19.1. The topological polar surface area (TPSA) is 34.0 Å². The minimum atomic E-state index is -0.258. The molecule has 1 heterocycles. The van der Waals surface area contributed by atoms with Gasteiger partial charge in [-0.05, 0) is 49.2 Å². The standard InChI is InChI=1S/C17H19FN2O/c18-13-7-9-15(10-8-13)20-11-3-6-16(20)12-17(21)19-14-4-1-2-5-14/h3,6-11,14H,1-2,4-5,12H2,(H,19,21). The van der Waals surface area contributed by atoms with Crippen molar-refractivity contribution < 1.29 is 9.18 Å². The molecule has 3 nitrogen and oxygen atoms in total. The quantitative estimate of drug-likeness (QED) is 0.920. The third kappa shape index (κ3) is 3.32. The second-order valence-corrected chi connectivity index (χ2v) is 5.57.